The molecule has 2 heterocycles. The highest BCUT2D eigenvalue weighted by molar-refractivity contribution is 7.10. The van der Waals surface area contributed by atoms with Gasteiger partial charge >= 0.3 is 0 Å². The van der Waals surface area contributed by atoms with Crippen LogP contribution in [0.25, 0.3) is 0 Å². The molecule has 3 aromatic rings. The number of thiophene rings is 1. The summed E-state index contributed by atoms with van der Waals surface area (Å²) in [6, 6.07) is 15.4. The molecule has 1 unspecified atom stereocenters. The van der Waals surface area contributed by atoms with Gasteiger partial charge < -0.3 is 14.5 Å². The van der Waals surface area contributed by atoms with Crippen molar-refractivity contribution in [1.29, 1.82) is 0 Å². The van der Waals surface area contributed by atoms with Gasteiger partial charge in [0.1, 0.15) is 24.7 Å². The molecule has 1 aliphatic carbocycles. The summed E-state index contributed by atoms with van der Waals surface area (Å²) in [6.45, 7) is 2.95. The van der Waals surface area contributed by atoms with E-state index >= 15 is 0 Å². The number of aryl methyl sites for hydroxylation is 1. The topological polar surface area (TPSA) is 49.9 Å². The van der Waals surface area contributed by atoms with Crippen LogP contribution in [0.3, 0.4) is 0 Å². The Hall–Kier alpha value is -3.19. The lowest BCUT2D eigenvalue weighted by Gasteiger charge is -2.37. The van der Waals surface area contributed by atoms with Gasteiger partial charge in [-0.1, -0.05) is 23.8 Å². The highest BCUT2D eigenvalue weighted by Crippen LogP contribution is 2.35. The molecule has 1 saturated carbocycles. The number of carbonyl (C=O) groups is 2. The van der Waals surface area contributed by atoms with Gasteiger partial charge in [0.05, 0.1) is 6.04 Å². The molecule has 176 valence electrons. The first-order valence-electron chi connectivity index (χ1n) is 11.6. The summed E-state index contributed by atoms with van der Waals surface area (Å²) in [6.07, 6.45) is 2.52. The molecule has 1 aliphatic heterocycles. The highest BCUT2D eigenvalue weighted by Gasteiger charge is 2.38. The summed E-state index contributed by atoms with van der Waals surface area (Å²) >= 11 is 1.71. The van der Waals surface area contributed by atoms with Gasteiger partial charge in [-0.25, -0.2) is 4.39 Å². The molecule has 1 fully saturated rings. The maximum atomic E-state index is 13.7. The number of halogens is 1. The number of amides is 2. The van der Waals surface area contributed by atoms with E-state index in [2.05, 4.69) is 11.4 Å². The summed E-state index contributed by atoms with van der Waals surface area (Å²) in [7, 11) is 0. The van der Waals surface area contributed by atoms with Crippen LogP contribution in [0, 0.1) is 12.7 Å². The third kappa shape index (κ3) is 4.85. The van der Waals surface area contributed by atoms with Crippen molar-refractivity contribution in [2.75, 3.05) is 19.7 Å². The lowest BCUT2D eigenvalue weighted by atomic mass is 10.0. The molecule has 1 atom stereocenters. The second-order valence-corrected chi connectivity index (χ2v) is 9.95. The van der Waals surface area contributed by atoms with Crippen molar-refractivity contribution in [3.05, 3.63) is 87.4 Å². The Labute approximate surface area is 202 Å². The number of hydrogen-bond donors (Lipinski definition) is 0. The van der Waals surface area contributed by atoms with Gasteiger partial charge in [-0.2, -0.15) is 0 Å². The van der Waals surface area contributed by atoms with Crippen molar-refractivity contribution in [2.24, 2.45) is 0 Å². The highest BCUT2D eigenvalue weighted by atomic mass is 32.1. The van der Waals surface area contributed by atoms with Gasteiger partial charge in [-0.3, -0.25) is 9.59 Å². The van der Waals surface area contributed by atoms with Crippen molar-refractivity contribution < 1.29 is 18.7 Å². The fraction of sp³-hybridized carbons (Fsp3) is 0.333. The molecule has 7 heteroatoms. The summed E-state index contributed by atoms with van der Waals surface area (Å²) in [4.78, 5) is 31.4. The van der Waals surface area contributed by atoms with E-state index < -0.39 is 5.82 Å². The minimum absolute atomic E-state index is 0.0134. The lowest BCUT2D eigenvalue weighted by molar-refractivity contribution is -0.135. The van der Waals surface area contributed by atoms with Crippen molar-refractivity contribution in [3.8, 4) is 5.75 Å². The summed E-state index contributed by atoms with van der Waals surface area (Å²) in [5.41, 5.74) is 2.55. The van der Waals surface area contributed by atoms with E-state index in [9.17, 15) is 14.0 Å². The number of rotatable bonds is 7. The van der Waals surface area contributed by atoms with E-state index in [1.807, 2.05) is 36.1 Å². The van der Waals surface area contributed by atoms with Crippen LogP contribution < -0.4 is 4.74 Å². The number of hydrogen-bond acceptors (Lipinski definition) is 4. The molecular formula is C27H27FN2O3S. The van der Waals surface area contributed by atoms with Gasteiger partial charge in [-0.05, 0) is 73.5 Å². The first-order valence-corrected chi connectivity index (χ1v) is 12.5. The van der Waals surface area contributed by atoms with Crippen LogP contribution in [-0.2, 0) is 11.2 Å². The summed E-state index contributed by atoms with van der Waals surface area (Å²) in [5, 5.41) is 2.06. The maximum absolute atomic E-state index is 13.7. The molecule has 2 amide bonds. The number of fused-ring (bicyclic) bond motifs is 1. The van der Waals surface area contributed by atoms with Gasteiger partial charge in [0.15, 0.2) is 0 Å². The minimum atomic E-state index is -0.456. The summed E-state index contributed by atoms with van der Waals surface area (Å²) < 4.78 is 19.8. The fourth-order valence-electron chi connectivity index (χ4n) is 4.46. The van der Waals surface area contributed by atoms with Gasteiger partial charge in [0.2, 0.25) is 5.91 Å². The second-order valence-electron chi connectivity index (χ2n) is 8.95. The van der Waals surface area contributed by atoms with E-state index in [1.54, 1.807) is 22.3 Å². The predicted molar refractivity (Wildman–Crippen MR) is 130 cm³/mol. The Morgan fingerprint density at radius 1 is 1.15 bits per heavy atom. The van der Waals surface area contributed by atoms with Crippen LogP contribution in [0.15, 0.2) is 60.0 Å². The van der Waals surface area contributed by atoms with Gasteiger partial charge in [-0.15, -0.1) is 11.3 Å². The Balaban J connectivity index is 1.34. The van der Waals surface area contributed by atoms with E-state index in [4.69, 9.17) is 4.74 Å². The average molecular weight is 479 g/mol. The Morgan fingerprint density at radius 2 is 1.94 bits per heavy atom. The normalized spacial score (nSPS) is 17.2. The molecule has 1 aromatic heterocycles. The van der Waals surface area contributed by atoms with Gasteiger partial charge in [0, 0.05) is 23.0 Å². The third-order valence-corrected chi connectivity index (χ3v) is 7.47. The molecule has 2 aromatic carbocycles. The SMILES string of the molecule is Cc1ccc(OCC2c3ccsc3CCN2C(=O)CN(C(=O)c2cccc(F)c2)C2CC2)cc1. The Kier molecular flexibility index (Phi) is 6.37. The van der Waals surface area contributed by atoms with Crippen LogP contribution in [-0.4, -0.2) is 47.4 Å². The predicted octanol–water partition coefficient (Wildman–Crippen LogP) is 5.01. The standard InChI is InChI=1S/C27H27FN2O3S/c1-18-5-9-22(10-6-18)33-17-24-23-12-14-34-25(23)11-13-29(24)26(31)16-30(21-7-8-21)27(32)19-3-2-4-20(28)15-19/h2-6,9-10,12,14-15,21,24H,7-8,11,13,16-17H2,1H3. The quantitative estimate of drug-likeness (QED) is 0.480. The van der Waals surface area contributed by atoms with Crippen molar-refractivity contribution >= 4 is 23.2 Å². The van der Waals surface area contributed by atoms with E-state index in [0.717, 1.165) is 36.1 Å². The van der Waals surface area contributed by atoms with Crippen LogP contribution in [0.2, 0.25) is 0 Å². The molecule has 2 aliphatic rings. The van der Waals surface area contributed by atoms with Gasteiger partial charge in [0.25, 0.3) is 5.91 Å². The number of benzene rings is 2. The Morgan fingerprint density at radius 3 is 2.68 bits per heavy atom. The van der Waals surface area contributed by atoms with Crippen LogP contribution in [0.5, 0.6) is 5.75 Å². The lowest BCUT2D eigenvalue weighted by Crippen LogP contribution is -2.48. The van der Waals surface area contributed by atoms with Crippen molar-refractivity contribution in [3.63, 3.8) is 0 Å². The summed E-state index contributed by atoms with van der Waals surface area (Å²) in [5.74, 6) is -0.0921. The molecule has 5 nitrogen and oxygen atoms in total. The molecule has 0 saturated heterocycles. The molecule has 0 spiro atoms. The molecular weight excluding hydrogens is 451 g/mol. The van der Waals surface area contributed by atoms with Crippen LogP contribution >= 0.6 is 11.3 Å². The second kappa shape index (κ2) is 9.58. The van der Waals surface area contributed by atoms with Crippen molar-refractivity contribution in [1.82, 2.24) is 9.80 Å². The first-order chi connectivity index (χ1) is 16.5. The molecule has 0 radical (unpaired) electrons. The smallest absolute Gasteiger partial charge is 0.254 e. The first kappa shape index (κ1) is 22.6. The van der Waals surface area contributed by atoms with E-state index in [0.29, 0.717) is 13.2 Å². The van der Waals surface area contributed by atoms with E-state index in [1.165, 1.54) is 23.1 Å². The molecule has 0 bridgehead atoms. The number of ether oxygens (including phenoxy) is 1. The zero-order valence-electron chi connectivity index (χ0n) is 19.1. The molecule has 5 rings (SSSR count). The van der Waals surface area contributed by atoms with Crippen molar-refractivity contribution in [2.45, 2.75) is 38.3 Å². The largest absolute Gasteiger partial charge is 0.491 e. The fourth-order valence-corrected chi connectivity index (χ4v) is 5.39. The minimum Gasteiger partial charge on any atom is -0.491 e. The maximum Gasteiger partial charge on any atom is 0.254 e. The Bertz CT molecular complexity index is 1190. The molecule has 34 heavy (non-hydrogen) atoms. The number of nitrogens with zero attached hydrogens (tertiary/aromatic N) is 2. The average Bonchev–Trinajstić information content (AvgIpc) is 3.57. The zero-order chi connectivity index (χ0) is 23.7. The monoisotopic (exact) mass is 478 g/mol. The van der Waals surface area contributed by atoms with Crippen LogP contribution in [0.1, 0.15) is 45.2 Å². The zero-order valence-corrected chi connectivity index (χ0v) is 19.9. The van der Waals surface area contributed by atoms with E-state index in [-0.39, 0.29) is 36.0 Å². The number of carbonyl (C=O) groups excluding carboxylic acids is 2. The molecule has 0 N–H and O–H groups in total. The third-order valence-electron chi connectivity index (χ3n) is 6.47. The van der Waals surface area contributed by atoms with Crippen LogP contribution in [0.4, 0.5) is 4.39 Å².